The molecular weight excluding hydrogens is 318 g/mol. The SMILES string of the molecule is Cn1c(=O)ccn(CC(=O)Nc2cnn(C(C)(C)C(=O)O)c2)c1=O. The maximum atomic E-state index is 12.0. The molecule has 0 aromatic carbocycles. The average molecular weight is 335 g/mol. The third-order valence-corrected chi connectivity index (χ3v) is 3.54. The lowest BCUT2D eigenvalue weighted by atomic mass is 10.1. The Labute approximate surface area is 135 Å². The van der Waals surface area contributed by atoms with Gasteiger partial charge in [-0.15, -0.1) is 0 Å². The van der Waals surface area contributed by atoms with E-state index < -0.39 is 28.7 Å². The highest BCUT2D eigenvalue weighted by atomic mass is 16.4. The lowest BCUT2D eigenvalue weighted by Gasteiger charge is -2.19. The van der Waals surface area contributed by atoms with E-state index in [-0.39, 0.29) is 6.54 Å². The van der Waals surface area contributed by atoms with Crippen LogP contribution in [0.1, 0.15) is 13.8 Å². The molecule has 2 aromatic rings. The Bertz CT molecular complexity index is 905. The summed E-state index contributed by atoms with van der Waals surface area (Å²) in [5, 5.41) is 15.6. The fourth-order valence-electron chi connectivity index (χ4n) is 1.88. The normalized spacial score (nSPS) is 11.3. The molecular formula is C14H17N5O5. The quantitative estimate of drug-likeness (QED) is 0.736. The first kappa shape index (κ1) is 17.2. The summed E-state index contributed by atoms with van der Waals surface area (Å²) in [4.78, 5) is 46.4. The van der Waals surface area contributed by atoms with Crippen molar-refractivity contribution in [1.29, 1.82) is 0 Å². The van der Waals surface area contributed by atoms with Crippen molar-refractivity contribution in [2.45, 2.75) is 25.9 Å². The van der Waals surface area contributed by atoms with Gasteiger partial charge in [-0.25, -0.2) is 9.59 Å². The van der Waals surface area contributed by atoms with Crippen molar-refractivity contribution in [2.24, 2.45) is 7.05 Å². The van der Waals surface area contributed by atoms with Gasteiger partial charge >= 0.3 is 11.7 Å². The number of anilines is 1. The number of hydrogen-bond donors (Lipinski definition) is 2. The minimum absolute atomic E-state index is 0.291. The molecule has 0 atom stereocenters. The van der Waals surface area contributed by atoms with Crippen LogP contribution in [-0.2, 0) is 28.7 Å². The number of carboxylic acid groups (broad SMARTS) is 1. The van der Waals surface area contributed by atoms with Gasteiger partial charge in [-0.05, 0) is 13.8 Å². The molecule has 0 bridgehead atoms. The maximum absolute atomic E-state index is 12.0. The monoisotopic (exact) mass is 335 g/mol. The summed E-state index contributed by atoms with van der Waals surface area (Å²) in [7, 11) is 1.32. The Hall–Kier alpha value is -3.17. The molecule has 10 heteroatoms. The number of aromatic nitrogens is 4. The molecule has 0 aliphatic carbocycles. The van der Waals surface area contributed by atoms with Crippen LogP contribution in [0.2, 0.25) is 0 Å². The van der Waals surface area contributed by atoms with Gasteiger partial charge in [0.2, 0.25) is 5.91 Å². The van der Waals surface area contributed by atoms with Crippen LogP contribution in [0.25, 0.3) is 0 Å². The standard InChI is InChI=1S/C14H17N5O5/c1-14(2,12(22)23)19-7-9(6-15-19)16-10(20)8-18-5-4-11(21)17(3)13(18)24/h4-7H,8H2,1-3H3,(H,16,20)(H,22,23). The molecule has 0 fully saturated rings. The van der Waals surface area contributed by atoms with Gasteiger partial charge in [0.15, 0.2) is 5.54 Å². The van der Waals surface area contributed by atoms with Gasteiger partial charge in [0, 0.05) is 25.5 Å². The molecule has 0 spiro atoms. The van der Waals surface area contributed by atoms with Crippen LogP contribution in [0.5, 0.6) is 0 Å². The first-order valence-electron chi connectivity index (χ1n) is 6.98. The van der Waals surface area contributed by atoms with Gasteiger partial charge in [-0.2, -0.15) is 5.10 Å². The van der Waals surface area contributed by atoms with E-state index in [4.69, 9.17) is 5.11 Å². The van der Waals surface area contributed by atoms with Gasteiger partial charge in [-0.1, -0.05) is 0 Å². The van der Waals surface area contributed by atoms with Crippen LogP contribution >= 0.6 is 0 Å². The number of amides is 1. The van der Waals surface area contributed by atoms with E-state index in [1.165, 1.54) is 50.2 Å². The van der Waals surface area contributed by atoms with Crippen molar-refractivity contribution in [1.82, 2.24) is 18.9 Å². The van der Waals surface area contributed by atoms with Crippen molar-refractivity contribution < 1.29 is 14.7 Å². The summed E-state index contributed by atoms with van der Waals surface area (Å²) in [5.74, 6) is -1.58. The zero-order chi connectivity index (χ0) is 18.1. The number of carbonyl (C=O) groups is 2. The number of hydrogen-bond acceptors (Lipinski definition) is 5. The Morgan fingerprint density at radius 3 is 2.62 bits per heavy atom. The van der Waals surface area contributed by atoms with Gasteiger partial charge in [0.25, 0.3) is 5.56 Å². The predicted octanol–water partition coefficient (Wildman–Crippen LogP) is -0.798. The number of nitrogens with one attached hydrogen (secondary N) is 1. The number of rotatable bonds is 5. The Kier molecular flexibility index (Phi) is 4.40. The molecule has 0 aliphatic rings. The average Bonchev–Trinajstić information content (AvgIpc) is 2.97. The summed E-state index contributed by atoms with van der Waals surface area (Å²) in [6, 6.07) is 1.18. The molecule has 0 saturated heterocycles. The van der Waals surface area contributed by atoms with Crippen LogP contribution in [-0.4, -0.2) is 35.9 Å². The molecule has 128 valence electrons. The van der Waals surface area contributed by atoms with Crippen molar-refractivity contribution in [3.05, 3.63) is 45.5 Å². The largest absolute Gasteiger partial charge is 0.479 e. The molecule has 0 radical (unpaired) electrons. The van der Waals surface area contributed by atoms with Crippen LogP contribution in [0.15, 0.2) is 34.2 Å². The number of carboxylic acids is 1. The molecule has 24 heavy (non-hydrogen) atoms. The molecule has 2 aromatic heterocycles. The molecule has 10 nitrogen and oxygen atoms in total. The minimum atomic E-state index is -1.27. The van der Waals surface area contributed by atoms with Crippen molar-refractivity contribution >= 4 is 17.6 Å². The highest BCUT2D eigenvalue weighted by Crippen LogP contribution is 2.17. The zero-order valence-corrected chi connectivity index (χ0v) is 13.4. The summed E-state index contributed by atoms with van der Waals surface area (Å²) in [5.41, 5.74) is -2.04. The van der Waals surface area contributed by atoms with Crippen LogP contribution in [0.4, 0.5) is 5.69 Å². The van der Waals surface area contributed by atoms with Crippen molar-refractivity contribution in [3.8, 4) is 0 Å². The summed E-state index contributed by atoms with van der Waals surface area (Å²) < 4.78 is 3.19. The van der Waals surface area contributed by atoms with Gasteiger partial charge < -0.3 is 10.4 Å². The zero-order valence-electron chi connectivity index (χ0n) is 13.4. The van der Waals surface area contributed by atoms with Gasteiger partial charge in [0.1, 0.15) is 6.54 Å². The lowest BCUT2D eigenvalue weighted by molar-refractivity contribution is -0.146. The molecule has 2 heterocycles. The van der Waals surface area contributed by atoms with E-state index in [2.05, 4.69) is 10.4 Å². The Balaban J connectivity index is 2.13. The molecule has 1 amide bonds. The van der Waals surface area contributed by atoms with E-state index in [0.29, 0.717) is 5.69 Å². The smallest absolute Gasteiger partial charge is 0.331 e. The number of nitrogens with zero attached hydrogens (tertiary/aromatic N) is 4. The molecule has 2 N–H and O–H groups in total. The van der Waals surface area contributed by atoms with Crippen molar-refractivity contribution in [2.75, 3.05) is 5.32 Å². The number of aliphatic carboxylic acids is 1. The van der Waals surface area contributed by atoms with Crippen LogP contribution in [0, 0.1) is 0 Å². The Morgan fingerprint density at radius 2 is 2.00 bits per heavy atom. The fraction of sp³-hybridized carbons (Fsp3) is 0.357. The second-order valence-corrected chi connectivity index (χ2v) is 5.71. The number of carbonyl (C=O) groups excluding carboxylic acids is 1. The lowest BCUT2D eigenvalue weighted by Crippen LogP contribution is -2.39. The summed E-state index contributed by atoms with van der Waals surface area (Å²) >= 11 is 0. The molecule has 2 rings (SSSR count). The van der Waals surface area contributed by atoms with Crippen LogP contribution < -0.4 is 16.6 Å². The second-order valence-electron chi connectivity index (χ2n) is 5.71. The fourth-order valence-corrected chi connectivity index (χ4v) is 1.88. The first-order valence-corrected chi connectivity index (χ1v) is 6.98. The second kappa shape index (κ2) is 6.14. The predicted molar refractivity (Wildman–Crippen MR) is 83.8 cm³/mol. The third-order valence-electron chi connectivity index (χ3n) is 3.54. The van der Waals surface area contributed by atoms with E-state index >= 15 is 0 Å². The van der Waals surface area contributed by atoms with E-state index in [9.17, 15) is 19.2 Å². The summed E-state index contributed by atoms with van der Waals surface area (Å²) in [6.45, 7) is 2.65. The summed E-state index contributed by atoms with van der Waals surface area (Å²) in [6.07, 6.45) is 3.93. The molecule has 0 aliphatic heterocycles. The van der Waals surface area contributed by atoms with Gasteiger partial charge in [-0.3, -0.25) is 23.4 Å². The van der Waals surface area contributed by atoms with E-state index in [0.717, 1.165) is 9.13 Å². The molecule has 0 unspecified atom stereocenters. The van der Waals surface area contributed by atoms with Crippen molar-refractivity contribution in [3.63, 3.8) is 0 Å². The van der Waals surface area contributed by atoms with Crippen LogP contribution in [0.3, 0.4) is 0 Å². The minimum Gasteiger partial charge on any atom is -0.479 e. The first-order chi connectivity index (χ1) is 11.1. The van der Waals surface area contributed by atoms with E-state index in [1.807, 2.05) is 0 Å². The highest BCUT2D eigenvalue weighted by molar-refractivity contribution is 5.90. The maximum Gasteiger partial charge on any atom is 0.331 e. The topological polar surface area (TPSA) is 128 Å². The highest BCUT2D eigenvalue weighted by Gasteiger charge is 2.30. The van der Waals surface area contributed by atoms with E-state index in [1.54, 1.807) is 0 Å². The Morgan fingerprint density at radius 1 is 1.33 bits per heavy atom. The third kappa shape index (κ3) is 3.26. The van der Waals surface area contributed by atoms with Gasteiger partial charge in [0.05, 0.1) is 11.9 Å². The molecule has 0 saturated carbocycles.